The Morgan fingerprint density at radius 1 is 0.931 bits per heavy atom. The molecule has 0 aliphatic rings. The second-order valence-electron chi connectivity index (χ2n) is 6.87. The average molecular weight is 416 g/mol. The molecule has 1 nitrogen and oxygen atoms in total. The zero-order chi connectivity index (χ0) is 20.7. The first kappa shape index (κ1) is 19.5. The molecule has 0 spiro atoms. The zero-order valence-corrected chi connectivity index (χ0v) is 16.5. The maximum atomic E-state index is 15.2. The van der Waals surface area contributed by atoms with Crippen molar-refractivity contribution in [2.75, 3.05) is 0 Å². The van der Waals surface area contributed by atoms with Crippen LogP contribution in [-0.4, -0.2) is 0 Å². The normalized spacial score (nSPS) is 12.1. The Balaban J connectivity index is 1.80. The minimum atomic E-state index is -0.674. The van der Waals surface area contributed by atoms with Crippen LogP contribution in [0.4, 0.5) is 17.6 Å². The number of allylic oxidation sites excluding steroid dienone is 1. The van der Waals surface area contributed by atoms with E-state index in [1.807, 2.05) is 0 Å². The van der Waals surface area contributed by atoms with Crippen molar-refractivity contribution in [3.8, 4) is 5.75 Å². The molecule has 4 aromatic rings. The van der Waals surface area contributed by atoms with Gasteiger partial charge in [0.15, 0.2) is 11.6 Å². The van der Waals surface area contributed by atoms with Crippen LogP contribution in [0, 0.1) is 24.4 Å². The third-order valence-corrected chi connectivity index (χ3v) is 5.88. The van der Waals surface area contributed by atoms with Crippen LogP contribution in [0.3, 0.4) is 0 Å². The van der Waals surface area contributed by atoms with Gasteiger partial charge in [-0.1, -0.05) is 24.3 Å². The lowest BCUT2D eigenvalue weighted by molar-refractivity contribution is 0.424. The molecule has 148 valence electrons. The van der Waals surface area contributed by atoms with Crippen molar-refractivity contribution in [2.24, 2.45) is 0 Å². The van der Waals surface area contributed by atoms with E-state index in [-0.39, 0.29) is 22.7 Å². The van der Waals surface area contributed by atoms with E-state index in [1.165, 1.54) is 19.1 Å². The molecular weight excluding hydrogens is 400 g/mol. The van der Waals surface area contributed by atoms with E-state index in [9.17, 15) is 13.2 Å². The van der Waals surface area contributed by atoms with E-state index in [0.29, 0.717) is 26.6 Å². The van der Waals surface area contributed by atoms with Crippen molar-refractivity contribution in [1.82, 2.24) is 0 Å². The van der Waals surface area contributed by atoms with Crippen molar-refractivity contribution in [3.63, 3.8) is 0 Å². The van der Waals surface area contributed by atoms with Gasteiger partial charge in [0, 0.05) is 17.2 Å². The second kappa shape index (κ2) is 7.52. The number of hydrogen-bond acceptors (Lipinski definition) is 2. The first-order chi connectivity index (χ1) is 13.8. The highest BCUT2D eigenvalue weighted by Crippen LogP contribution is 2.40. The largest absolute Gasteiger partial charge is 0.459 e. The standard InChI is InChI=1S/C23H16F4OS/c1-12-3-4-14(18(25)9-12)10-15-5-6-16-17-7-8-19(28-11-13(2)24)21(27)23(17)29-22(16)20(15)26/h3-9,11H,10H2,1-2H3/b13-11-. The molecule has 0 radical (unpaired) electrons. The van der Waals surface area contributed by atoms with Gasteiger partial charge in [0.2, 0.25) is 0 Å². The second-order valence-corrected chi connectivity index (χ2v) is 7.89. The molecule has 0 amide bonds. The summed E-state index contributed by atoms with van der Waals surface area (Å²) in [5, 5.41) is 1.11. The number of aryl methyl sites for hydroxylation is 1. The third kappa shape index (κ3) is 3.60. The van der Waals surface area contributed by atoms with Crippen LogP contribution in [0.5, 0.6) is 5.75 Å². The van der Waals surface area contributed by atoms with Crippen LogP contribution in [0.25, 0.3) is 20.2 Å². The van der Waals surface area contributed by atoms with Gasteiger partial charge in [0.05, 0.1) is 9.40 Å². The van der Waals surface area contributed by atoms with Crippen molar-refractivity contribution in [1.29, 1.82) is 0 Å². The van der Waals surface area contributed by atoms with Crippen LogP contribution < -0.4 is 4.74 Å². The lowest BCUT2D eigenvalue weighted by Gasteiger charge is -2.07. The number of hydrogen-bond donors (Lipinski definition) is 0. The summed E-state index contributed by atoms with van der Waals surface area (Å²) in [5.74, 6) is -2.29. The Morgan fingerprint density at radius 3 is 2.28 bits per heavy atom. The van der Waals surface area contributed by atoms with E-state index >= 15 is 4.39 Å². The van der Waals surface area contributed by atoms with Crippen LogP contribution >= 0.6 is 11.3 Å². The molecule has 29 heavy (non-hydrogen) atoms. The van der Waals surface area contributed by atoms with Crippen molar-refractivity contribution in [2.45, 2.75) is 20.3 Å². The Kier molecular flexibility index (Phi) is 5.04. The quantitative estimate of drug-likeness (QED) is 0.246. The predicted octanol–water partition coefficient (Wildman–Crippen LogP) is 7.58. The van der Waals surface area contributed by atoms with E-state index in [1.54, 1.807) is 37.3 Å². The fraction of sp³-hybridized carbons (Fsp3) is 0.130. The molecule has 0 atom stereocenters. The number of fused-ring (bicyclic) bond motifs is 3. The molecule has 0 aliphatic heterocycles. The Bertz CT molecular complexity index is 1270. The summed E-state index contributed by atoms with van der Waals surface area (Å²) in [6.45, 7) is 2.97. The van der Waals surface area contributed by atoms with Crippen molar-refractivity contribution in [3.05, 3.63) is 88.7 Å². The molecule has 1 aromatic heterocycles. The molecule has 0 aliphatic carbocycles. The van der Waals surface area contributed by atoms with Gasteiger partial charge in [0.25, 0.3) is 0 Å². The molecule has 6 heteroatoms. The first-order valence-electron chi connectivity index (χ1n) is 8.91. The highest BCUT2D eigenvalue weighted by Gasteiger charge is 2.18. The van der Waals surface area contributed by atoms with Gasteiger partial charge in [0.1, 0.15) is 23.7 Å². The van der Waals surface area contributed by atoms with Crippen LogP contribution in [0.15, 0.2) is 54.6 Å². The summed E-state index contributed by atoms with van der Waals surface area (Å²) in [6.07, 6.45) is 0.909. The maximum absolute atomic E-state index is 15.2. The molecule has 3 aromatic carbocycles. The molecule has 0 fully saturated rings. The highest BCUT2D eigenvalue weighted by atomic mass is 32.1. The number of halogens is 4. The summed E-state index contributed by atoms with van der Waals surface area (Å²) in [6, 6.07) is 11.1. The van der Waals surface area contributed by atoms with Gasteiger partial charge in [-0.2, -0.15) is 0 Å². The molecule has 0 saturated heterocycles. The highest BCUT2D eigenvalue weighted by molar-refractivity contribution is 7.25. The summed E-state index contributed by atoms with van der Waals surface area (Å²) >= 11 is 0.957. The van der Waals surface area contributed by atoms with E-state index in [0.717, 1.165) is 23.2 Å². The molecule has 1 heterocycles. The summed E-state index contributed by atoms with van der Waals surface area (Å²) in [4.78, 5) is 0. The summed E-state index contributed by atoms with van der Waals surface area (Å²) in [5.41, 5.74) is 1.52. The Hall–Kier alpha value is -2.86. The van der Waals surface area contributed by atoms with Gasteiger partial charge >= 0.3 is 0 Å². The molecule has 0 N–H and O–H groups in total. The van der Waals surface area contributed by atoms with E-state index < -0.39 is 17.5 Å². The maximum Gasteiger partial charge on any atom is 0.183 e. The minimum absolute atomic E-state index is 0.0968. The fourth-order valence-electron chi connectivity index (χ4n) is 3.23. The van der Waals surface area contributed by atoms with Gasteiger partial charge < -0.3 is 4.74 Å². The molecule has 0 unspecified atom stereocenters. The average Bonchev–Trinajstić information content (AvgIpc) is 3.05. The van der Waals surface area contributed by atoms with E-state index in [2.05, 4.69) is 0 Å². The topological polar surface area (TPSA) is 9.23 Å². The minimum Gasteiger partial charge on any atom is -0.459 e. The van der Waals surface area contributed by atoms with Gasteiger partial charge in [-0.05, 0) is 48.7 Å². The van der Waals surface area contributed by atoms with Gasteiger partial charge in [-0.15, -0.1) is 11.3 Å². The van der Waals surface area contributed by atoms with Crippen molar-refractivity contribution < 1.29 is 22.3 Å². The third-order valence-electron chi connectivity index (χ3n) is 4.67. The first-order valence-corrected chi connectivity index (χ1v) is 9.73. The SMILES string of the molecule is C/C(F)=C/Oc1ccc2c(sc3c(F)c(Cc4ccc(C)cc4F)ccc32)c1F. The number of benzene rings is 3. The van der Waals surface area contributed by atoms with Crippen molar-refractivity contribution >= 4 is 31.5 Å². The Morgan fingerprint density at radius 2 is 1.59 bits per heavy atom. The smallest absolute Gasteiger partial charge is 0.183 e. The molecule has 0 bridgehead atoms. The van der Waals surface area contributed by atoms with E-state index in [4.69, 9.17) is 4.74 Å². The number of ether oxygens (including phenoxy) is 1. The van der Waals surface area contributed by atoms with Gasteiger partial charge in [-0.3, -0.25) is 0 Å². The zero-order valence-electron chi connectivity index (χ0n) is 15.7. The number of thiophene rings is 1. The number of rotatable bonds is 4. The predicted molar refractivity (Wildman–Crippen MR) is 109 cm³/mol. The van der Waals surface area contributed by atoms with Gasteiger partial charge in [-0.25, -0.2) is 17.6 Å². The monoisotopic (exact) mass is 416 g/mol. The molecule has 4 rings (SSSR count). The molecule has 0 saturated carbocycles. The van der Waals surface area contributed by atoms with Crippen LogP contribution in [0.1, 0.15) is 23.6 Å². The summed E-state index contributed by atoms with van der Waals surface area (Å²) < 4.78 is 62.5. The fourth-order valence-corrected chi connectivity index (χ4v) is 4.42. The lowest BCUT2D eigenvalue weighted by atomic mass is 10.0. The molecular formula is C23H16F4OS. The van der Waals surface area contributed by atoms with Crippen LogP contribution in [-0.2, 0) is 6.42 Å². The Labute approximate surface area is 168 Å². The summed E-state index contributed by atoms with van der Waals surface area (Å²) in [7, 11) is 0. The lowest BCUT2D eigenvalue weighted by Crippen LogP contribution is -1.96. The van der Waals surface area contributed by atoms with Crippen LogP contribution in [0.2, 0.25) is 0 Å².